The quantitative estimate of drug-likeness (QED) is 0.831. The van der Waals surface area contributed by atoms with Gasteiger partial charge in [-0.3, -0.25) is 0 Å². The molecule has 104 valence electrons. The Morgan fingerprint density at radius 2 is 2.21 bits per heavy atom. The number of alkyl halides is 1. The second-order valence-corrected chi connectivity index (χ2v) is 6.47. The smallest absolute Gasteiger partial charge is 0.408 e. The largest absolute Gasteiger partial charge is 0.444 e. The number of hydrogen-bond acceptors (Lipinski definition) is 2. The molecule has 1 N–H and O–H groups in total. The summed E-state index contributed by atoms with van der Waals surface area (Å²) < 4.78 is 5.31. The van der Waals surface area contributed by atoms with Crippen molar-refractivity contribution in [1.29, 1.82) is 0 Å². The molecule has 1 amide bonds. The summed E-state index contributed by atoms with van der Waals surface area (Å²) in [6, 6.07) is 6.52. The van der Waals surface area contributed by atoms with Crippen molar-refractivity contribution in [3.63, 3.8) is 0 Å². The minimum absolute atomic E-state index is 0.0730. The highest BCUT2D eigenvalue weighted by molar-refractivity contribution is 9.08. The van der Waals surface area contributed by atoms with Gasteiger partial charge < -0.3 is 10.1 Å². The van der Waals surface area contributed by atoms with Gasteiger partial charge in [0.1, 0.15) is 5.60 Å². The molecule has 19 heavy (non-hydrogen) atoms. The van der Waals surface area contributed by atoms with Crippen LogP contribution in [0.15, 0.2) is 18.2 Å². The van der Waals surface area contributed by atoms with E-state index < -0.39 is 5.60 Å². The highest BCUT2D eigenvalue weighted by atomic mass is 79.9. The van der Waals surface area contributed by atoms with Gasteiger partial charge in [-0.1, -0.05) is 34.1 Å². The summed E-state index contributed by atoms with van der Waals surface area (Å²) in [5, 5.41) is 3.80. The number of ether oxygens (including phenoxy) is 1. The number of alkyl carbamates (subject to hydrolysis) is 1. The fraction of sp³-hybridized carbons (Fsp3) is 0.533. The number of benzene rings is 1. The van der Waals surface area contributed by atoms with Gasteiger partial charge in [0.2, 0.25) is 0 Å². The zero-order valence-corrected chi connectivity index (χ0v) is 13.2. The number of fused-ring (bicyclic) bond motifs is 1. The average molecular weight is 326 g/mol. The van der Waals surface area contributed by atoms with Gasteiger partial charge in [0.05, 0.1) is 6.04 Å². The van der Waals surface area contributed by atoms with Crippen LogP contribution in [-0.2, 0) is 16.5 Å². The fourth-order valence-electron chi connectivity index (χ4n) is 2.33. The molecule has 2 rings (SSSR count). The van der Waals surface area contributed by atoms with E-state index in [0.29, 0.717) is 0 Å². The third-order valence-corrected chi connectivity index (χ3v) is 3.78. The number of aryl methyl sites for hydroxylation is 1. The van der Waals surface area contributed by atoms with Crippen LogP contribution in [0.3, 0.4) is 0 Å². The average Bonchev–Trinajstić information content (AvgIpc) is 2.69. The number of rotatable bonds is 2. The summed E-state index contributed by atoms with van der Waals surface area (Å²) in [4.78, 5) is 11.8. The minimum atomic E-state index is -0.455. The number of amides is 1. The maximum Gasteiger partial charge on any atom is 0.408 e. The Morgan fingerprint density at radius 1 is 1.47 bits per heavy atom. The predicted molar refractivity (Wildman–Crippen MR) is 79.5 cm³/mol. The molecule has 0 aromatic heterocycles. The predicted octanol–water partition coefficient (Wildman–Crippen LogP) is 4.09. The molecule has 0 bridgehead atoms. The molecule has 0 saturated carbocycles. The van der Waals surface area contributed by atoms with Crippen LogP contribution in [0, 0.1) is 0 Å². The van der Waals surface area contributed by atoms with Crippen LogP contribution in [0.2, 0.25) is 0 Å². The van der Waals surface area contributed by atoms with E-state index in [2.05, 4.69) is 39.4 Å². The van der Waals surface area contributed by atoms with Crippen molar-refractivity contribution in [3.05, 3.63) is 34.9 Å². The van der Waals surface area contributed by atoms with Gasteiger partial charge in [-0.25, -0.2) is 4.79 Å². The lowest BCUT2D eigenvalue weighted by Crippen LogP contribution is -2.34. The van der Waals surface area contributed by atoms with Gasteiger partial charge in [-0.05, 0) is 50.3 Å². The first-order valence-electron chi connectivity index (χ1n) is 6.56. The lowest BCUT2D eigenvalue weighted by Gasteiger charge is -2.22. The maximum atomic E-state index is 11.8. The SMILES string of the molecule is CC(C)(C)OC(=O)NC1CCc2ccc(CBr)cc21. The first kappa shape index (κ1) is 14.4. The highest BCUT2D eigenvalue weighted by Crippen LogP contribution is 2.32. The molecule has 4 heteroatoms. The zero-order chi connectivity index (χ0) is 14.0. The number of halogens is 1. The van der Waals surface area contributed by atoms with Crippen LogP contribution in [0.5, 0.6) is 0 Å². The number of hydrogen-bond donors (Lipinski definition) is 1. The van der Waals surface area contributed by atoms with Gasteiger partial charge in [0.25, 0.3) is 0 Å². The summed E-state index contributed by atoms with van der Waals surface area (Å²) >= 11 is 3.46. The Balaban J connectivity index is 2.07. The second kappa shape index (κ2) is 5.53. The third-order valence-electron chi connectivity index (χ3n) is 3.13. The molecular weight excluding hydrogens is 306 g/mol. The Bertz CT molecular complexity index is 480. The topological polar surface area (TPSA) is 38.3 Å². The molecule has 0 heterocycles. The highest BCUT2D eigenvalue weighted by Gasteiger charge is 2.26. The van der Waals surface area contributed by atoms with Crippen LogP contribution >= 0.6 is 15.9 Å². The van der Waals surface area contributed by atoms with E-state index in [1.54, 1.807) is 0 Å². The molecule has 0 saturated heterocycles. The molecule has 1 aromatic rings. The lowest BCUT2D eigenvalue weighted by molar-refractivity contribution is 0.0503. The van der Waals surface area contributed by atoms with Gasteiger partial charge in [0, 0.05) is 5.33 Å². The van der Waals surface area contributed by atoms with E-state index in [1.165, 1.54) is 16.7 Å². The second-order valence-electron chi connectivity index (χ2n) is 5.90. The van der Waals surface area contributed by atoms with E-state index in [9.17, 15) is 4.79 Å². The van der Waals surface area contributed by atoms with Crippen molar-refractivity contribution in [3.8, 4) is 0 Å². The lowest BCUT2D eigenvalue weighted by atomic mass is 10.1. The van der Waals surface area contributed by atoms with Crippen LogP contribution < -0.4 is 5.32 Å². The van der Waals surface area contributed by atoms with Crippen molar-refractivity contribution < 1.29 is 9.53 Å². The summed E-state index contributed by atoms with van der Waals surface area (Å²) in [6.45, 7) is 5.62. The van der Waals surface area contributed by atoms with E-state index in [0.717, 1.165) is 18.2 Å². The number of nitrogens with one attached hydrogen (secondary N) is 1. The molecule has 0 aliphatic heterocycles. The monoisotopic (exact) mass is 325 g/mol. The Hall–Kier alpha value is -1.03. The molecule has 0 fully saturated rings. The first-order chi connectivity index (χ1) is 8.89. The van der Waals surface area contributed by atoms with Crippen molar-refractivity contribution >= 4 is 22.0 Å². The molecule has 1 aromatic carbocycles. The van der Waals surface area contributed by atoms with Crippen LogP contribution in [-0.4, -0.2) is 11.7 Å². The Morgan fingerprint density at radius 3 is 2.84 bits per heavy atom. The van der Waals surface area contributed by atoms with Crippen LogP contribution in [0.1, 0.15) is 49.9 Å². The van der Waals surface area contributed by atoms with Crippen molar-refractivity contribution in [2.24, 2.45) is 0 Å². The standard InChI is InChI=1S/C15H20BrNO2/c1-15(2,3)19-14(18)17-13-7-6-11-5-4-10(9-16)8-12(11)13/h4-5,8,13H,6-7,9H2,1-3H3,(H,17,18). The third kappa shape index (κ3) is 3.72. The van der Waals surface area contributed by atoms with E-state index in [-0.39, 0.29) is 12.1 Å². The first-order valence-corrected chi connectivity index (χ1v) is 7.68. The molecule has 1 unspecified atom stereocenters. The Kier molecular flexibility index (Phi) is 4.19. The van der Waals surface area contributed by atoms with Crippen LogP contribution in [0.4, 0.5) is 4.79 Å². The molecule has 1 aliphatic rings. The Labute approximate surface area is 122 Å². The minimum Gasteiger partial charge on any atom is -0.444 e. The van der Waals surface area contributed by atoms with Crippen LogP contribution in [0.25, 0.3) is 0 Å². The summed E-state index contributed by atoms with van der Waals surface area (Å²) in [6.07, 6.45) is 1.62. The van der Waals surface area contributed by atoms with Crippen molar-refractivity contribution in [2.75, 3.05) is 0 Å². The van der Waals surface area contributed by atoms with E-state index in [1.807, 2.05) is 20.8 Å². The molecule has 0 spiro atoms. The van der Waals surface area contributed by atoms with Gasteiger partial charge in [-0.15, -0.1) is 0 Å². The van der Waals surface area contributed by atoms with Gasteiger partial charge in [0.15, 0.2) is 0 Å². The molecule has 1 aliphatic carbocycles. The zero-order valence-electron chi connectivity index (χ0n) is 11.6. The summed E-state index contributed by atoms with van der Waals surface area (Å²) in [5.74, 6) is 0. The molecule has 3 nitrogen and oxygen atoms in total. The number of carbonyl (C=O) groups is 1. The van der Waals surface area contributed by atoms with Gasteiger partial charge >= 0.3 is 6.09 Å². The normalized spacial score (nSPS) is 18.0. The molecular formula is C15H20BrNO2. The number of carbonyl (C=O) groups excluding carboxylic acids is 1. The summed E-state index contributed by atoms with van der Waals surface area (Å²) in [7, 11) is 0. The van der Waals surface area contributed by atoms with Crippen molar-refractivity contribution in [2.45, 2.75) is 50.6 Å². The van der Waals surface area contributed by atoms with E-state index in [4.69, 9.17) is 4.74 Å². The molecule has 0 radical (unpaired) electrons. The fourth-order valence-corrected chi connectivity index (χ4v) is 2.68. The van der Waals surface area contributed by atoms with E-state index >= 15 is 0 Å². The van der Waals surface area contributed by atoms with Gasteiger partial charge in [-0.2, -0.15) is 0 Å². The van der Waals surface area contributed by atoms with Crippen molar-refractivity contribution in [1.82, 2.24) is 5.32 Å². The molecule has 1 atom stereocenters. The summed E-state index contributed by atoms with van der Waals surface area (Å²) in [5.41, 5.74) is 3.33. The maximum absolute atomic E-state index is 11.8.